The molecule has 2 aliphatic rings. The maximum atomic E-state index is 13.4. The van der Waals surface area contributed by atoms with Crippen molar-refractivity contribution in [3.63, 3.8) is 0 Å². The van der Waals surface area contributed by atoms with Crippen LogP contribution in [0.1, 0.15) is 58.4 Å². The van der Waals surface area contributed by atoms with Crippen LogP contribution in [0.4, 0.5) is 4.79 Å². The lowest BCUT2D eigenvalue weighted by Crippen LogP contribution is -2.56. The summed E-state index contributed by atoms with van der Waals surface area (Å²) in [5, 5.41) is 5.54. The fraction of sp³-hybridized carbons (Fsp3) is 0.577. The van der Waals surface area contributed by atoms with Gasteiger partial charge in [0.25, 0.3) is 0 Å². The van der Waals surface area contributed by atoms with Crippen LogP contribution < -0.4 is 10.6 Å². The molecule has 10 heteroatoms. The molecule has 0 aromatic heterocycles. The molecule has 3 rings (SSSR count). The normalized spacial score (nSPS) is 20.4. The zero-order valence-electron chi connectivity index (χ0n) is 21.2. The molecule has 10 nitrogen and oxygen atoms in total. The fourth-order valence-corrected chi connectivity index (χ4v) is 4.71. The minimum absolute atomic E-state index is 0.0254. The van der Waals surface area contributed by atoms with Crippen LogP contribution >= 0.6 is 0 Å². The van der Waals surface area contributed by atoms with Crippen LogP contribution in [0.25, 0.3) is 0 Å². The Morgan fingerprint density at radius 3 is 2.44 bits per heavy atom. The van der Waals surface area contributed by atoms with Crippen molar-refractivity contribution in [2.45, 2.75) is 77.6 Å². The molecule has 1 aromatic carbocycles. The highest BCUT2D eigenvalue weighted by Gasteiger charge is 2.43. The molecule has 3 atom stereocenters. The zero-order chi connectivity index (χ0) is 26.2. The van der Waals surface area contributed by atoms with Crippen LogP contribution in [0.3, 0.4) is 0 Å². The molecule has 2 aliphatic heterocycles. The summed E-state index contributed by atoms with van der Waals surface area (Å²) >= 11 is 0. The van der Waals surface area contributed by atoms with Gasteiger partial charge in [0.2, 0.25) is 23.6 Å². The predicted molar refractivity (Wildman–Crippen MR) is 131 cm³/mol. The second-order valence-electron chi connectivity index (χ2n) is 9.63. The van der Waals surface area contributed by atoms with Crippen molar-refractivity contribution in [3.05, 3.63) is 35.9 Å². The van der Waals surface area contributed by atoms with Gasteiger partial charge in [0, 0.05) is 19.5 Å². The van der Waals surface area contributed by atoms with Gasteiger partial charge in [-0.15, -0.1) is 0 Å². The van der Waals surface area contributed by atoms with Gasteiger partial charge in [-0.25, -0.2) is 9.69 Å². The molecule has 2 heterocycles. The molecule has 0 bridgehead atoms. The minimum Gasteiger partial charge on any atom is -0.444 e. The van der Waals surface area contributed by atoms with Gasteiger partial charge in [0.05, 0.1) is 0 Å². The van der Waals surface area contributed by atoms with E-state index in [0.29, 0.717) is 32.4 Å². The number of likely N-dealkylation sites (tertiary alicyclic amines) is 2. The number of rotatable bonds is 9. The van der Waals surface area contributed by atoms with Crippen molar-refractivity contribution < 1.29 is 28.7 Å². The Labute approximate surface area is 211 Å². The van der Waals surface area contributed by atoms with Crippen LogP contribution in [0.5, 0.6) is 0 Å². The van der Waals surface area contributed by atoms with E-state index in [1.165, 1.54) is 4.90 Å². The quantitative estimate of drug-likeness (QED) is 0.534. The lowest BCUT2D eigenvalue weighted by Gasteiger charge is -2.30. The molecule has 1 aromatic rings. The molecule has 0 unspecified atom stereocenters. The van der Waals surface area contributed by atoms with Gasteiger partial charge in [-0.3, -0.25) is 19.2 Å². The van der Waals surface area contributed by atoms with Crippen LogP contribution in [-0.2, 0) is 30.5 Å². The SMILES string of the molecule is CCNC(=O)[C@@H]1CCCN1C(=O)[C@H](CC(C)C)NC(=O)[C@@H]1CCC(=O)N1C(=O)OCc1ccccc1. The largest absolute Gasteiger partial charge is 0.444 e. The Bertz CT molecular complexity index is 966. The summed E-state index contributed by atoms with van der Waals surface area (Å²) in [5.41, 5.74) is 0.758. The Morgan fingerprint density at radius 1 is 1.06 bits per heavy atom. The number of nitrogens with one attached hydrogen (secondary N) is 2. The van der Waals surface area contributed by atoms with Crippen LogP contribution in [0.2, 0.25) is 0 Å². The molecule has 36 heavy (non-hydrogen) atoms. The molecular formula is C26H36N4O6. The number of imide groups is 1. The lowest BCUT2D eigenvalue weighted by molar-refractivity contribution is -0.142. The van der Waals surface area contributed by atoms with Crippen LogP contribution in [0, 0.1) is 5.92 Å². The third-order valence-electron chi connectivity index (χ3n) is 6.43. The molecule has 2 saturated heterocycles. The maximum Gasteiger partial charge on any atom is 0.417 e. The molecule has 0 aliphatic carbocycles. The highest BCUT2D eigenvalue weighted by atomic mass is 16.6. The number of carbonyl (C=O) groups is 5. The van der Waals surface area contributed by atoms with E-state index in [-0.39, 0.29) is 37.2 Å². The number of carbonyl (C=O) groups excluding carboxylic acids is 5. The second kappa shape index (κ2) is 12.5. The van der Waals surface area contributed by atoms with E-state index in [4.69, 9.17) is 4.74 Å². The lowest BCUT2D eigenvalue weighted by atomic mass is 10.0. The maximum absolute atomic E-state index is 13.4. The summed E-state index contributed by atoms with van der Waals surface area (Å²) in [6.45, 7) is 6.57. The van der Waals surface area contributed by atoms with E-state index >= 15 is 0 Å². The molecule has 0 saturated carbocycles. The van der Waals surface area contributed by atoms with E-state index in [2.05, 4.69) is 10.6 Å². The Balaban J connectivity index is 1.69. The van der Waals surface area contributed by atoms with Crippen molar-refractivity contribution in [3.8, 4) is 0 Å². The number of benzene rings is 1. The number of hydrogen-bond acceptors (Lipinski definition) is 6. The Morgan fingerprint density at radius 2 is 1.78 bits per heavy atom. The summed E-state index contributed by atoms with van der Waals surface area (Å²) in [4.78, 5) is 66.7. The summed E-state index contributed by atoms with van der Waals surface area (Å²) in [6, 6.07) is 6.54. The number of likely N-dealkylation sites (N-methyl/N-ethyl adjacent to an activating group) is 1. The Kier molecular flexibility index (Phi) is 9.44. The zero-order valence-corrected chi connectivity index (χ0v) is 21.2. The van der Waals surface area contributed by atoms with Crippen LogP contribution in [-0.4, -0.2) is 70.7 Å². The first-order chi connectivity index (χ1) is 17.2. The van der Waals surface area contributed by atoms with Crippen molar-refractivity contribution in [1.82, 2.24) is 20.4 Å². The van der Waals surface area contributed by atoms with Gasteiger partial charge in [0.1, 0.15) is 24.7 Å². The monoisotopic (exact) mass is 500 g/mol. The Hall–Kier alpha value is -3.43. The molecular weight excluding hydrogens is 464 g/mol. The molecule has 0 spiro atoms. The minimum atomic E-state index is -1.05. The van der Waals surface area contributed by atoms with Gasteiger partial charge < -0.3 is 20.3 Å². The number of amides is 5. The second-order valence-corrected chi connectivity index (χ2v) is 9.63. The van der Waals surface area contributed by atoms with E-state index in [9.17, 15) is 24.0 Å². The van der Waals surface area contributed by atoms with Crippen molar-refractivity contribution in [2.75, 3.05) is 13.1 Å². The van der Waals surface area contributed by atoms with Crippen molar-refractivity contribution in [1.29, 1.82) is 0 Å². The fourth-order valence-electron chi connectivity index (χ4n) is 4.71. The number of ether oxygens (including phenoxy) is 1. The molecule has 196 valence electrons. The van der Waals surface area contributed by atoms with Crippen molar-refractivity contribution >= 4 is 29.7 Å². The van der Waals surface area contributed by atoms with Gasteiger partial charge >= 0.3 is 6.09 Å². The summed E-state index contributed by atoms with van der Waals surface area (Å²) in [7, 11) is 0. The average Bonchev–Trinajstić information content (AvgIpc) is 3.49. The predicted octanol–water partition coefficient (Wildman–Crippen LogP) is 1.97. The molecule has 0 radical (unpaired) electrons. The summed E-state index contributed by atoms with van der Waals surface area (Å²) in [5.74, 6) is -1.51. The first-order valence-corrected chi connectivity index (χ1v) is 12.6. The van der Waals surface area contributed by atoms with E-state index < -0.39 is 36.0 Å². The number of hydrogen-bond donors (Lipinski definition) is 2. The third-order valence-corrected chi connectivity index (χ3v) is 6.43. The topological polar surface area (TPSA) is 125 Å². The molecule has 5 amide bonds. The molecule has 2 N–H and O–H groups in total. The highest BCUT2D eigenvalue weighted by Crippen LogP contribution is 2.23. The standard InChI is InChI=1S/C26H36N4O6/c1-4-27-23(32)20-11-8-14-29(20)25(34)19(15-17(2)3)28-24(33)21-12-13-22(31)30(21)26(35)36-16-18-9-6-5-7-10-18/h5-7,9-10,17,19-21H,4,8,11-16H2,1-3H3,(H,27,32)(H,28,33)/t19-,20-,21-/m0/s1. The number of nitrogens with zero attached hydrogens (tertiary/aromatic N) is 2. The van der Waals surface area contributed by atoms with E-state index in [0.717, 1.165) is 10.5 Å². The third kappa shape index (κ3) is 6.61. The van der Waals surface area contributed by atoms with Crippen molar-refractivity contribution in [2.24, 2.45) is 5.92 Å². The smallest absolute Gasteiger partial charge is 0.417 e. The van der Waals surface area contributed by atoms with Gasteiger partial charge in [0.15, 0.2) is 0 Å². The van der Waals surface area contributed by atoms with Gasteiger partial charge in [-0.05, 0) is 44.1 Å². The highest BCUT2D eigenvalue weighted by molar-refractivity contribution is 6.01. The first kappa shape index (κ1) is 27.2. The van der Waals surface area contributed by atoms with Gasteiger partial charge in [-0.2, -0.15) is 0 Å². The average molecular weight is 501 g/mol. The summed E-state index contributed by atoms with van der Waals surface area (Å²) in [6.07, 6.45) is 0.934. The van der Waals surface area contributed by atoms with E-state index in [1.807, 2.05) is 39.0 Å². The van der Waals surface area contributed by atoms with Crippen LogP contribution in [0.15, 0.2) is 30.3 Å². The van der Waals surface area contributed by atoms with Gasteiger partial charge in [-0.1, -0.05) is 44.2 Å². The molecule has 2 fully saturated rings. The summed E-state index contributed by atoms with van der Waals surface area (Å²) < 4.78 is 5.29. The first-order valence-electron chi connectivity index (χ1n) is 12.6. The van der Waals surface area contributed by atoms with E-state index in [1.54, 1.807) is 12.1 Å².